The third-order valence-corrected chi connectivity index (χ3v) is 2.30. The Kier molecular flexibility index (Phi) is 3.87. The molecule has 0 saturated heterocycles. The molecular formula is C9H12N4O4. The molecule has 1 unspecified atom stereocenters. The quantitative estimate of drug-likeness (QED) is 0.645. The normalized spacial score (nSPS) is 11.6. The summed E-state index contributed by atoms with van der Waals surface area (Å²) in [6, 6.07) is -0.706. The summed E-state index contributed by atoms with van der Waals surface area (Å²) in [5.74, 6) is 0. The number of methoxy groups -OCH3 is 1. The molecule has 17 heavy (non-hydrogen) atoms. The second kappa shape index (κ2) is 5.16. The summed E-state index contributed by atoms with van der Waals surface area (Å²) in [5, 5.41) is 8.42. The number of aromatic nitrogens is 3. The van der Waals surface area contributed by atoms with E-state index in [1.165, 1.54) is 13.4 Å². The van der Waals surface area contributed by atoms with Crippen molar-refractivity contribution in [1.82, 2.24) is 14.3 Å². The Hall–Kier alpha value is -2.30. The molecule has 0 aliphatic heterocycles. The highest BCUT2D eigenvalue weighted by atomic mass is 16.7. The number of hydrogen-bond donors (Lipinski definition) is 0. The molecule has 0 amide bonds. The molecule has 0 radical (unpaired) electrons. The minimum absolute atomic E-state index is 0.345. The average Bonchev–Trinajstić information content (AvgIpc) is 2.32. The molecule has 8 heteroatoms. The van der Waals surface area contributed by atoms with Gasteiger partial charge in [0.25, 0.3) is 0 Å². The number of nitrogens with zero attached hydrogens (tertiary/aromatic N) is 4. The molecule has 0 saturated carbocycles. The van der Waals surface area contributed by atoms with E-state index < -0.39 is 11.4 Å². The molecule has 1 heterocycles. The van der Waals surface area contributed by atoms with E-state index in [1.807, 2.05) is 6.92 Å². The van der Waals surface area contributed by atoms with Crippen molar-refractivity contribution in [1.29, 1.82) is 5.26 Å². The smallest absolute Gasteiger partial charge is 0.371 e. The molecule has 0 spiro atoms. The Morgan fingerprint density at radius 1 is 1.53 bits per heavy atom. The Morgan fingerprint density at radius 3 is 2.65 bits per heavy atom. The highest BCUT2D eigenvalue weighted by Gasteiger charge is 2.17. The van der Waals surface area contributed by atoms with Crippen LogP contribution in [-0.4, -0.2) is 21.4 Å². The van der Waals surface area contributed by atoms with E-state index in [9.17, 15) is 9.59 Å². The fourth-order valence-electron chi connectivity index (χ4n) is 1.25. The molecule has 1 atom stereocenters. The molecule has 0 fully saturated rings. The number of rotatable bonds is 4. The molecular weight excluding hydrogens is 228 g/mol. The Morgan fingerprint density at radius 2 is 2.18 bits per heavy atom. The average molecular weight is 240 g/mol. The lowest BCUT2D eigenvalue weighted by atomic mass is 10.3. The topological polar surface area (TPSA) is 99.1 Å². The lowest BCUT2D eigenvalue weighted by Crippen LogP contribution is -2.44. The van der Waals surface area contributed by atoms with Gasteiger partial charge in [-0.2, -0.15) is 0 Å². The number of nitriles is 1. The van der Waals surface area contributed by atoms with Crippen LogP contribution in [-0.2, 0) is 0 Å². The van der Waals surface area contributed by atoms with Crippen LogP contribution in [0.25, 0.3) is 0 Å². The van der Waals surface area contributed by atoms with E-state index in [-0.39, 0.29) is 12.1 Å². The minimum atomic E-state index is -0.794. The van der Waals surface area contributed by atoms with Gasteiger partial charge in [-0.05, 0) is 13.3 Å². The van der Waals surface area contributed by atoms with Crippen LogP contribution in [0.3, 0.4) is 0 Å². The predicted molar refractivity (Wildman–Crippen MR) is 56.5 cm³/mol. The third kappa shape index (κ3) is 2.28. The fraction of sp³-hybridized carbons (Fsp3) is 0.556. The van der Waals surface area contributed by atoms with Gasteiger partial charge in [-0.3, -0.25) is 4.84 Å². The van der Waals surface area contributed by atoms with E-state index in [2.05, 4.69) is 9.82 Å². The molecule has 0 bridgehead atoms. The summed E-state index contributed by atoms with van der Waals surface area (Å²) in [5.41, 5.74) is -1.53. The van der Waals surface area contributed by atoms with Crippen LogP contribution in [0.5, 0.6) is 6.01 Å². The van der Waals surface area contributed by atoms with Gasteiger partial charge in [-0.1, -0.05) is 11.7 Å². The molecule has 1 aromatic rings. The maximum absolute atomic E-state index is 11.9. The fourth-order valence-corrected chi connectivity index (χ4v) is 1.25. The lowest BCUT2D eigenvalue weighted by molar-refractivity contribution is 0.154. The van der Waals surface area contributed by atoms with Crippen molar-refractivity contribution >= 4 is 0 Å². The summed E-state index contributed by atoms with van der Waals surface area (Å²) >= 11 is 0. The van der Waals surface area contributed by atoms with Gasteiger partial charge < -0.3 is 4.74 Å². The van der Waals surface area contributed by atoms with Gasteiger partial charge in [-0.15, -0.1) is 10.2 Å². The van der Waals surface area contributed by atoms with E-state index >= 15 is 0 Å². The van der Waals surface area contributed by atoms with Gasteiger partial charge >= 0.3 is 23.6 Å². The lowest BCUT2D eigenvalue weighted by Gasteiger charge is -2.13. The molecule has 0 aliphatic carbocycles. The van der Waals surface area contributed by atoms with Gasteiger partial charge in [0.1, 0.15) is 0 Å². The standard InChI is InChI=1S/C9H12N4O4/c1-4-6(2)12-7(14)11-8(16-3)13(9(12)15)17-5-10/h6H,4H2,1-3H3. The maximum Gasteiger partial charge on any atom is 0.371 e. The van der Waals surface area contributed by atoms with Gasteiger partial charge in [0.2, 0.25) is 0 Å². The Bertz CT molecular complexity index is 554. The van der Waals surface area contributed by atoms with Crippen LogP contribution in [0, 0.1) is 11.5 Å². The zero-order valence-electron chi connectivity index (χ0n) is 9.71. The first-order chi connectivity index (χ1) is 8.06. The van der Waals surface area contributed by atoms with Crippen molar-refractivity contribution in [3.8, 4) is 12.3 Å². The summed E-state index contributed by atoms with van der Waals surface area (Å²) in [7, 11) is 1.21. The summed E-state index contributed by atoms with van der Waals surface area (Å²) in [6.07, 6.45) is 1.90. The molecule has 0 N–H and O–H groups in total. The van der Waals surface area contributed by atoms with Crippen LogP contribution in [0.15, 0.2) is 9.59 Å². The molecule has 1 aromatic heterocycles. The van der Waals surface area contributed by atoms with Crippen LogP contribution in [0.1, 0.15) is 26.3 Å². The molecule has 0 aliphatic rings. The van der Waals surface area contributed by atoms with Crippen molar-refractivity contribution in [2.24, 2.45) is 0 Å². The Balaban J connectivity index is 3.56. The van der Waals surface area contributed by atoms with Crippen LogP contribution < -0.4 is 21.0 Å². The minimum Gasteiger partial charge on any atom is -0.466 e. The Labute approximate surface area is 96.6 Å². The second-order valence-electron chi connectivity index (χ2n) is 3.27. The first-order valence-corrected chi connectivity index (χ1v) is 4.92. The molecule has 0 aromatic carbocycles. The van der Waals surface area contributed by atoms with Crippen LogP contribution in [0.4, 0.5) is 0 Å². The zero-order valence-corrected chi connectivity index (χ0v) is 9.71. The zero-order chi connectivity index (χ0) is 13.0. The first-order valence-electron chi connectivity index (χ1n) is 4.92. The van der Waals surface area contributed by atoms with Crippen LogP contribution >= 0.6 is 0 Å². The molecule has 92 valence electrons. The number of hydrogen-bond acceptors (Lipinski definition) is 6. The van der Waals surface area contributed by atoms with E-state index in [0.29, 0.717) is 11.2 Å². The second-order valence-corrected chi connectivity index (χ2v) is 3.27. The first kappa shape index (κ1) is 12.8. The molecule has 1 rings (SSSR count). The van der Waals surface area contributed by atoms with Crippen molar-refractivity contribution in [3.63, 3.8) is 0 Å². The van der Waals surface area contributed by atoms with Crippen molar-refractivity contribution in [2.75, 3.05) is 7.11 Å². The monoisotopic (exact) mass is 240 g/mol. The van der Waals surface area contributed by atoms with Crippen molar-refractivity contribution in [3.05, 3.63) is 21.0 Å². The number of ether oxygens (including phenoxy) is 1. The SMILES string of the molecule is CCC(C)n1c(=O)nc(OC)n(OC#N)c1=O. The summed E-state index contributed by atoms with van der Waals surface area (Å²) in [6.45, 7) is 3.50. The van der Waals surface area contributed by atoms with E-state index in [4.69, 9.17) is 10.00 Å². The van der Waals surface area contributed by atoms with Gasteiger partial charge in [0, 0.05) is 6.04 Å². The summed E-state index contributed by atoms with van der Waals surface area (Å²) in [4.78, 5) is 31.4. The predicted octanol–water partition coefficient (Wildman–Crippen LogP) is -0.706. The summed E-state index contributed by atoms with van der Waals surface area (Å²) < 4.78 is 6.13. The van der Waals surface area contributed by atoms with E-state index in [0.717, 1.165) is 4.57 Å². The van der Waals surface area contributed by atoms with Crippen molar-refractivity contribution in [2.45, 2.75) is 26.3 Å². The largest absolute Gasteiger partial charge is 0.466 e. The van der Waals surface area contributed by atoms with Crippen molar-refractivity contribution < 1.29 is 9.57 Å². The third-order valence-electron chi connectivity index (χ3n) is 2.30. The highest BCUT2D eigenvalue weighted by Crippen LogP contribution is 2.04. The van der Waals surface area contributed by atoms with Gasteiger partial charge in [-0.25, -0.2) is 14.2 Å². The van der Waals surface area contributed by atoms with Gasteiger partial charge in [0.05, 0.1) is 7.11 Å². The van der Waals surface area contributed by atoms with Gasteiger partial charge in [0.15, 0.2) is 0 Å². The maximum atomic E-state index is 11.9. The highest BCUT2D eigenvalue weighted by molar-refractivity contribution is 4.93. The van der Waals surface area contributed by atoms with E-state index in [1.54, 1.807) is 6.92 Å². The van der Waals surface area contributed by atoms with Crippen LogP contribution in [0.2, 0.25) is 0 Å². The molecule has 8 nitrogen and oxygen atoms in total.